The first kappa shape index (κ1) is 12.7. The van der Waals surface area contributed by atoms with Gasteiger partial charge in [-0.15, -0.1) is 0 Å². The van der Waals surface area contributed by atoms with Crippen molar-refractivity contribution < 1.29 is 19.4 Å². The van der Waals surface area contributed by atoms with Gasteiger partial charge in [0.05, 0.1) is 17.8 Å². The topological polar surface area (TPSA) is 59.0 Å². The Kier molecular flexibility index (Phi) is 4.04. The van der Waals surface area contributed by atoms with E-state index in [0.717, 1.165) is 30.9 Å². The fourth-order valence-electron chi connectivity index (χ4n) is 2.04. The minimum atomic E-state index is -0.916. The number of rotatable bonds is 5. The third kappa shape index (κ3) is 2.73. The Labute approximate surface area is 106 Å². The molecule has 0 unspecified atom stereocenters. The standard InChI is InChI=1S/C13H17NO4/c1-17-7-2-5-14-6-8-18-12-4-3-10(13(15)16)9-11(12)14/h3-4,9H,2,5-8H2,1H3,(H,15,16). The van der Waals surface area contributed by atoms with Crippen LogP contribution in [0, 0.1) is 0 Å². The molecule has 1 aromatic rings. The normalized spacial score (nSPS) is 13.9. The maximum atomic E-state index is 11.0. The average Bonchev–Trinajstić information content (AvgIpc) is 2.38. The Morgan fingerprint density at radius 3 is 3.11 bits per heavy atom. The maximum Gasteiger partial charge on any atom is 0.335 e. The molecule has 0 aromatic heterocycles. The van der Waals surface area contributed by atoms with Gasteiger partial charge in [-0.1, -0.05) is 0 Å². The van der Waals surface area contributed by atoms with Crippen molar-refractivity contribution in [3.05, 3.63) is 23.8 Å². The van der Waals surface area contributed by atoms with Crippen molar-refractivity contribution >= 4 is 11.7 Å². The minimum absolute atomic E-state index is 0.288. The summed E-state index contributed by atoms with van der Waals surface area (Å²) in [6, 6.07) is 4.96. The van der Waals surface area contributed by atoms with Crippen LogP contribution in [0.25, 0.3) is 0 Å². The molecule has 0 amide bonds. The molecule has 0 saturated carbocycles. The van der Waals surface area contributed by atoms with Crippen LogP contribution in [0.3, 0.4) is 0 Å². The lowest BCUT2D eigenvalue weighted by Gasteiger charge is -2.31. The van der Waals surface area contributed by atoms with Gasteiger partial charge in [0.1, 0.15) is 12.4 Å². The summed E-state index contributed by atoms with van der Waals surface area (Å²) in [7, 11) is 1.68. The Hall–Kier alpha value is -1.75. The summed E-state index contributed by atoms with van der Waals surface area (Å²) in [5.41, 5.74) is 1.15. The number of carboxylic acid groups (broad SMARTS) is 1. The van der Waals surface area contributed by atoms with E-state index in [1.165, 1.54) is 0 Å². The molecule has 2 rings (SSSR count). The van der Waals surface area contributed by atoms with E-state index in [2.05, 4.69) is 4.90 Å². The fourth-order valence-corrected chi connectivity index (χ4v) is 2.04. The number of anilines is 1. The lowest BCUT2D eigenvalue weighted by atomic mass is 10.1. The molecule has 1 aromatic carbocycles. The van der Waals surface area contributed by atoms with Crippen molar-refractivity contribution in [2.24, 2.45) is 0 Å². The summed E-state index contributed by atoms with van der Waals surface area (Å²) in [6.45, 7) is 2.95. The highest BCUT2D eigenvalue weighted by Crippen LogP contribution is 2.32. The number of carbonyl (C=O) groups is 1. The monoisotopic (exact) mass is 251 g/mol. The molecular weight excluding hydrogens is 234 g/mol. The van der Waals surface area contributed by atoms with Gasteiger partial charge in [0.2, 0.25) is 0 Å². The largest absolute Gasteiger partial charge is 0.490 e. The number of hydrogen-bond donors (Lipinski definition) is 1. The average molecular weight is 251 g/mol. The molecule has 0 radical (unpaired) electrons. The zero-order valence-electron chi connectivity index (χ0n) is 10.4. The summed E-state index contributed by atoms with van der Waals surface area (Å²) < 4.78 is 10.6. The molecule has 0 spiro atoms. The number of carboxylic acids is 1. The number of methoxy groups -OCH3 is 1. The minimum Gasteiger partial charge on any atom is -0.490 e. The molecule has 0 atom stereocenters. The van der Waals surface area contributed by atoms with E-state index >= 15 is 0 Å². The lowest BCUT2D eigenvalue weighted by Crippen LogP contribution is -2.34. The van der Waals surface area contributed by atoms with Gasteiger partial charge in [0.25, 0.3) is 0 Å². The van der Waals surface area contributed by atoms with Crippen LogP contribution in [0.5, 0.6) is 5.75 Å². The van der Waals surface area contributed by atoms with E-state index in [0.29, 0.717) is 13.2 Å². The number of nitrogens with zero attached hydrogens (tertiary/aromatic N) is 1. The Morgan fingerprint density at radius 2 is 2.39 bits per heavy atom. The van der Waals surface area contributed by atoms with Crippen LogP contribution in [-0.2, 0) is 4.74 Å². The molecule has 5 nitrogen and oxygen atoms in total. The molecule has 0 aliphatic carbocycles. The second kappa shape index (κ2) is 5.73. The van der Waals surface area contributed by atoms with Gasteiger partial charge in [0, 0.05) is 20.3 Å². The van der Waals surface area contributed by atoms with Gasteiger partial charge in [-0.25, -0.2) is 4.79 Å². The number of hydrogen-bond acceptors (Lipinski definition) is 4. The predicted octanol–water partition coefficient (Wildman–Crippen LogP) is 1.62. The molecule has 0 bridgehead atoms. The Balaban J connectivity index is 2.17. The summed E-state index contributed by atoms with van der Waals surface area (Å²) in [6.07, 6.45) is 0.910. The highest BCUT2D eigenvalue weighted by Gasteiger charge is 2.19. The first-order chi connectivity index (χ1) is 8.72. The van der Waals surface area contributed by atoms with E-state index in [-0.39, 0.29) is 5.56 Å². The SMILES string of the molecule is COCCCN1CCOc2ccc(C(=O)O)cc21. The molecule has 18 heavy (non-hydrogen) atoms. The van der Waals surface area contributed by atoms with E-state index in [4.69, 9.17) is 14.6 Å². The molecule has 0 fully saturated rings. The van der Waals surface area contributed by atoms with Crippen LogP contribution in [0.4, 0.5) is 5.69 Å². The van der Waals surface area contributed by atoms with E-state index in [9.17, 15) is 4.79 Å². The van der Waals surface area contributed by atoms with Crippen LogP contribution >= 0.6 is 0 Å². The number of fused-ring (bicyclic) bond motifs is 1. The first-order valence-electron chi connectivity index (χ1n) is 5.96. The van der Waals surface area contributed by atoms with Crippen LogP contribution in [0.15, 0.2) is 18.2 Å². The zero-order chi connectivity index (χ0) is 13.0. The number of ether oxygens (including phenoxy) is 2. The predicted molar refractivity (Wildman–Crippen MR) is 67.6 cm³/mol. The van der Waals surface area contributed by atoms with Gasteiger partial charge < -0.3 is 19.5 Å². The number of benzene rings is 1. The van der Waals surface area contributed by atoms with Crippen molar-refractivity contribution in [2.75, 3.05) is 38.3 Å². The van der Waals surface area contributed by atoms with Crippen molar-refractivity contribution in [1.82, 2.24) is 0 Å². The zero-order valence-corrected chi connectivity index (χ0v) is 10.4. The molecule has 1 N–H and O–H groups in total. The third-order valence-corrected chi connectivity index (χ3v) is 2.94. The second-order valence-electron chi connectivity index (χ2n) is 4.17. The molecule has 1 aliphatic heterocycles. The van der Waals surface area contributed by atoms with E-state index < -0.39 is 5.97 Å². The quantitative estimate of drug-likeness (QED) is 0.806. The molecule has 98 valence electrons. The van der Waals surface area contributed by atoms with Gasteiger partial charge in [0.15, 0.2) is 0 Å². The third-order valence-electron chi connectivity index (χ3n) is 2.94. The highest BCUT2D eigenvalue weighted by atomic mass is 16.5. The van der Waals surface area contributed by atoms with Gasteiger partial charge in [-0.3, -0.25) is 0 Å². The summed E-state index contributed by atoms with van der Waals surface area (Å²) in [5, 5.41) is 9.01. The molecule has 1 aliphatic rings. The Bertz CT molecular complexity index is 433. The van der Waals surface area contributed by atoms with Crippen LogP contribution in [0.2, 0.25) is 0 Å². The summed E-state index contributed by atoms with van der Waals surface area (Å²) in [4.78, 5) is 13.1. The summed E-state index contributed by atoms with van der Waals surface area (Å²) in [5.74, 6) is -0.163. The van der Waals surface area contributed by atoms with Gasteiger partial charge in [-0.05, 0) is 24.6 Å². The van der Waals surface area contributed by atoms with Crippen molar-refractivity contribution in [3.8, 4) is 5.75 Å². The van der Waals surface area contributed by atoms with Crippen molar-refractivity contribution in [2.45, 2.75) is 6.42 Å². The molecule has 1 heterocycles. The first-order valence-corrected chi connectivity index (χ1v) is 5.96. The van der Waals surface area contributed by atoms with Gasteiger partial charge in [-0.2, -0.15) is 0 Å². The summed E-state index contributed by atoms with van der Waals surface area (Å²) >= 11 is 0. The van der Waals surface area contributed by atoms with Crippen LogP contribution in [-0.4, -0.2) is 44.5 Å². The van der Waals surface area contributed by atoms with Crippen molar-refractivity contribution in [1.29, 1.82) is 0 Å². The second-order valence-corrected chi connectivity index (χ2v) is 4.17. The number of aromatic carboxylic acids is 1. The van der Waals surface area contributed by atoms with Crippen LogP contribution in [0.1, 0.15) is 16.8 Å². The smallest absolute Gasteiger partial charge is 0.335 e. The maximum absolute atomic E-state index is 11.0. The lowest BCUT2D eigenvalue weighted by molar-refractivity contribution is 0.0697. The van der Waals surface area contributed by atoms with E-state index in [1.807, 2.05) is 0 Å². The fraction of sp³-hybridized carbons (Fsp3) is 0.462. The van der Waals surface area contributed by atoms with Crippen molar-refractivity contribution in [3.63, 3.8) is 0 Å². The van der Waals surface area contributed by atoms with Crippen LogP contribution < -0.4 is 9.64 Å². The molecular formula is C13H17NO4. The van der Waals surface area contributed by atoms with E-state index in [1.54, 1.807) is 25.3 Å². The molecule has 0 saturated heterocycles. The molecule has 5 heteroatoms. The Morgan fingerprint density at radius 1 is 1.56 bits per heavy atom. The van der Waals surface area contributed by atoms with Gasteiger partial charge >= 0.3 is 5.97 Å². The highest BCUT2D eigenvalue weighted by molar-refractivity contribution is 5.89.